The largest absolute Gasteiger partial charge is 0.375 e. The van der Waals surface area contributed by atoms with E-state index in [9.17, 15) is 0 Å². The van der Waals surface area contributed by atoms with Crippen molar-refractivity contribution < 1.29 is 14.2 Å². The first-order valence-electron chi connectivity index (χ1n) is 10.6. The van der Waals surface area contributed by atoms with Crippen molar-refractivity contribution in [3.05, 3.63) is 83.9 Å². The highest BCUT2D eigenvalue weighted by molar-refractivity contribution is 5.47. The molecule has 3 nitrogen and oxygen atoms in total. The normalized spacial score (nSPS) is 22.8. The molecule has 2 heterocycles. The van der Waals surface area contributed by atoms with E-state index in [1.807, 2.05) is 12.2 Å². The van der Waals surface area contributed by atoms with Gasteiger partial charge in [-0.3, -0.25) is 0 Å². The van der Waals surface area contributed by atoms with Crippen molar-refractivity contribution in [2.45, 2.75) is 50.1 Å². The van der Waals surface area contributed by atoms with Crippen molar-refractivity contribution in [3.63, 3.8) is 0 Å². The molecule has 0 spiro atoms. The van der Waals surface area contributed by atoms with E-state index in [2.05, 4.69) is 61.7 Å². The lowest BCUT2D eigenvalue weighted by atomic mass is 9.95. The molecule has 152 valence electrons. The van der Waals surface area contributed by atoms with E-state index in [1.165, 1.54) is 11.1 Å². The van der Waals surface area contributed by atoms with Crippen molar-refractivity contribution in [3.8, 4) is 0 Å². The Morgan fingerprint density at radius 2 is 1.14 bits per heavy atom. The van der Waals surface area contributed by atoms with E-state index in [4.69, 9.17) is 14.2 Å². The molecule has 2 aromatic rings. The third kappa shape index (κ3) is 5.05. The predicted octanol–water partition coefficient (Wildman–Crippen LogP) is 5.09. The number of hydrogen-bond acceptors (Lipinski definition) is 3. The molecule has 2 aromatic carbocycles. The van der Waals surface area contributed by atoms with Crippen molar-refractivity contribution in [2.24, 2.45) is 0 Å². The van der Waals surface area contributed by atoms with Gasteiger partial charge >= 0.3 is 0 Å². The third-order valence-corrected chi connectivity index (χ3v) is 5.95. The Kier molecular flexibility index (Phi) is 6.60. The summed E-state index contributed by atoms with van der Waals surface area (Å²) < 4.78 is 18.3. The summed E-state index contributed by atoms with van der Waals surface area (Å²) in [6.07, 6.45) is 7.97. The van der Waals surface area contributed by atoms with Gasteiger partial charge in [-0.15, -0.1) is 0 Å². The van der Waals surface area contributed by atoms with E-state index < -0.39 is 0 Å². The number of rotatable bonds is 10. The molecule has 0 bridgehead atoms. The first kappa shape index (κ1) is 20.1. The van der Waals surface area contributed by atoms with E-state index in [-0.39, 0.29) is 24.4 Å². The smallest absolute Gasteiger partial charge is 0.0882 e. The molecular weight excluding hydrogens is 360 g/mol. The highest BCUT2D eigenvalue weighted by Gasteiger charge is 2.36. The van der Waals surface area contributed by atoms with Gasteiger partial charge in [0.15, 0.2) is 0 Å². The summed E-state index contributed by atoms with van der Waals surface area (Å²) in [5.74, 6) is 0. The van der Waals surface area contributed by atoms with Gasteiger partial charge in [0.25, 0.3) is 0 Å². The van der Waals surface area contributed by atoms with Gasteiger partial charge in [-0.25, -0.2) is 0 Å². The monoisotopic (exact) mass is 390 g/mol. The zero-order valence-corrected chi connectivity index (χ0v) is 17.0. The summed E-state index contributed by atoms with van der Waals surface area (Å²) in [5.41, 5.74) is 4.80. The van der Waals surface area contributed by atoms with Crippen LogP contribution in [0.15, 0.2) is 61.7 Å². The lowest BCUT2D eigenvalue weighted by Gasteiger charge is -2.40. The van der Waals surface area contributed by atoms with Gasteiger partial charge in [0.05, 0.1) is 24.4 Å². The molecule has 2 aliphatic heterocycles. The van der Waals surface area contributed by atoms with Crippen LogP contribution in [0.5, 0.6) is 0 Å². The van der Waals surface area contributed by atoms with E-state index in [0.29, 0.717) is 0 Å². The van der Waals surface area contributed by atoms with Gasteiger partial charge in [-0.2, -0.15) is 0 Å². The first-order chi connectivity index (χ1) is 14.2. The topological polar surface area (TPSA) is 27.7 Å². The van der Waals surface area contributed by atoms with Crippen LogP contribution in [0.2, 0.25) is 0 Å². The fourth-order valence-corrected chi connectivity index (χ4v) is 3.90. The summed E-state index contributed by atoms with van der Waals surface area (Å²) >= 11 is 0. The number of hydrogen-bond donors (Lipinski definition) is 0. The molecular formula is C26H30O3. The summed E-state index contributed by atoms with van der Waals surface area (Å²) in [7, 11) is 0. The minimum absolute atomic E-state index is 0.0416. The Morgan fingerprint density at radius 1 is 0.759 bits per heavy atom. The van der Waals surface area contributed by atoms with Crippen molar-refractivity contribution in [1.29, 1.82) is 0 Å². The summed E-state index contributed by atoms with van der Waals surface area (Å²) in [5, 5.41) is 0. The lowest BCUT2D eigenvalue weighted by Crippen LogP contribution is -2.48. The second kappa shape index (κ2) is 9.53. The van der Waals surface area contributed by atoms with Crippen LogP contribution in [0, 0.1) is 0 Å². The molecule has 0 N–H and O–H groups in total. The molecule has 4 atom stereocenters. The average molecular weight is 391 g/mol. The van der Waals surface area contributed by atoms with Crippen molar-refractivity contribution >= 4 is 12.2 Å². The zero-order valence-electron chi connectivity index (χ0n) is 17.0. The molecule has 4 rings (SSSR count). The van der Waals surface area contributed by atoms with Gasteiger partial charge in [-0.1, -0.05) is 73.8 Å². The molecule has 0 aromatic heterocycles. The molecule has 29 heavy (non-hydrogen) atoms. The number of benzene rings is 2. The van der Waals surface area contributed by atoms with Crippen LogP contribution in [-0.2, 0) is 27.1 Å². The molecule has 2 saturated heterocycles. The molecule has 0 aliphatic carbocycles. The minimum Gasteiger partial charge on any atom is -0.375 e. The van der Waals surface area contributed by atoms with E-state index >= 15 is 0 Å². The van der Waals surface area contributed by atoms with Crippen LogP contribution in [0.25, 0.3) is 12.2 Å². The zero-order chi connectivity index (χ0) is 20.1. The Balaban J connectivity index is 1.47. The molecule has 0 radical (unpaired) electrons. The van der Waals surface area contributed by atoms with Crippen LogP contribution >= 0.6 is 0 Å². The van der Waals surface area contributed by atoms with Crippen LogP contribution < -0.4 is 0 Å². The first-order valence-corrected chi connectivity index (χ1v) is 10.6. The van der Waals surface area contributed by atoms with Gasteiger partial charge in [0.1, 0.15) is 0 Å². The van der Waals surface area contributed by atoms with Crippen LogP contribution in [0.1, 0.15) is 35.1 Å². The Hall–Kier alpha value is -2.20. The molecule has 0 amide bonds. The summed E-state index contributed by atoms with van der Waals surface area (Å²) in [4.78, 5) is 0. The van der Waals surface area contributed by atoms with E-state index in [0.717, 1.165) is 50.0 Å². The van der Waals surface area contributed by atoms with Crippen LogP contribution in [0.4, 0.5) is 0 Å². The maximum Gasteiger partial charge on any atom is 0.0882 e. The average Bonchev–Trinajstić information content (AvgIpc) is 2.66. The van der Waals surface area contributed by atoms with Crippen molar-refractivity contribution in [2.75, 3.05) is 13.2 Å². The SMILES string of the molecule is C=Cc1ccc(CC(OC(Cc2ccc(C=C)cc2)C2CCO2)C2CCO2)cc1. The lowest BCUT2D eigenvalue weighted by molar-refractivity contribution is -0.198. The van der Waals surface area contributed by atoms with Crippen molar-refractivity contribution in [1.82, 2.24) is 0 Å². The Bertz CT molecular complexity index is 731. The molecule has 2 fully saturated rings. The third-order valence-electron chi connectivity index (χ3n) is 5.95. The highest BCUT2D eigenvalue weighted by atomic mass is 16.6. The molecule has 3 heteroatoms. The minimum atomic E-state index is 0.0416. The Labute approximate surface area is 174 Å². The molecule has 2 aliphatic rings. The predicted molar refractivity (Wildman–Crippen MR) is 118 cm³/mol. The standard InChI is InChI=1S/C26H30O3/c1-3-19-5-9-21(10-6-19)17-25(23-13-15-27-23)29-26(24-14-16-28-24)18-22-11-7-20(4-2)8-12-22/h3-12,23-26H,1-2,13-18H2. The molecule has 0 saturated carbocycles. The summed E-state index contributed by atoms with van der Waals surface area (Å²) in [6, 6.07) is 17.1. The van der Waals surface area contributed by atoms with Crippen LogP contribution in [-0.4, -0.2) is 37.6 Å². The van der Waals surface area contributed by atoms with Gasteiger partial charge in [-0.05, 0) is 35.1 Å². The maximum atomic E-state index is 6.69. The fraction of sp³-hybridized carbons (Fsp3) is 0.385. The van der Waals surface area contributed by atoms with Gasteiger partial charge < -0.3 is 14.2 Å². The quantitative estimate of drug-likeness (QED) is 0.566. The van der Waals surface area contributed by atoms with Gasteiger partial charge in [0, 0.05) is 26.1 Å². The number of ether oxygens (including phenoxy) is 3. The fourth-order valence-electron chi connectivity index (χ4n) is 3.90. The maximum absolute atomic E-state index is 6.69. The highest BCUT2D eigenvalue weighted by Crippen LogP contribution is 2.28. The summed E-state index contributed by atoms with van der Waals surface area (Å²) in [6.45, 7) is 9.32. The second-order valence-electron chi connectivity index (χ2n) is 7.91. The second-order valence-corrected chi connectivity index (χ2v) is 7.91. The van der Waals surface area contributed by atoms with Gasteiger partial charge in [0.2, 0.25) is 0 Å². The van der Waals surface area contributed by atoms with Crippen LogP contribution in [0.3, 0.4) is 0 Å². The molecule has 4 unspecified atom stereocenters. The van der Waals surface area contributed by atoms with E-state index in [1.54, 1.807) is 0 Å². The Morgan fingerprint density at radius 3 is 1.41 bits per heavy atom.